The van der Waals surface area contributed by atoms with Gasteiger partial charge < -0.3 is 9.15 Å². The van der Waals surface area contributed by atoms with E-state index in [-0.39, 0.29) is 0 Å². The van der Waals surface area contributed by atoms with Crippen LogP contribution in [-0.2, 0) is 12.8 Å². The van der Waals surface area contributed by atoms with Gasteiger partial charge >= 0.3 is 0 Å². The molecule has 0 radical (unpaired) electrons. The molecular formula is C19H18N2O2. The SMILES string of the molecule is COc1ccc(/C=C/c2nnc(CCc3ccccc3)o2)cc1. The van der Waals surface area contributed by atoms with Crippen LogP contribution in [0.1, 0.15) is 22.9 Å². The van der Waals surface area contributed by atoms with E-state index in [0.717, 1.165) is 24.2 Å². The van der Waals surface area contributed by atoms with Gasteiger partial charge in [-0.3, -0.25) is 0 Å². The maximum absolute atomic E-state index is 5.64. The second-order valence-electron chi connectivity index (χ2n) is 5.13. The van der Waals surface area contributed by atoms with E-state index in [1.54, 1.807) is 7.11 Å². The normalized spacial score (nSPS) is 11.0. The Balaban J connectivity index is 1.59. The molecule has 0 amide bonds. The molecule has 1 aromatic heterocycles. The van der Waals surface area contributed by atoms with E-state index in [1.165, 1.54) is 5.56 Å². The Morgan fingerprint density at radius 1 is 0.913 bits per heavy atom. The molecule has 0 bridgehead atoms. The van der Waals surface area contributed by atoms with E-state index in [4.69, 9.17) is 9.15 Å². The van der Waals surface area contributed by atoms with Crippen LogP contribution in [0.4, 0.5) is 0 Å². The van der Waals surface area contributed by atoms with Crippen molar-refractivity contribution < 1.29 is 9.15 Å². The van der Waals surface area contributed by atoms with E-state index in [1.807, 2.05) is 54.6 Å². The zero-order valence-corrected chi connectivity index (χ0v) is 13.0. The van der Waals surface area contributed by atoms with Crippen molar-refractivity contribution in [2.75, 3.05) is 7.11 Å². The van der Waals surface area contributed by atoms with Crippen LogP contribution in [0.25, 0.3) is 12.2 Å². The quantitative estimate of drug-likeness (QED) is 0.690. The number of aromatic nitrogens is 2. The monoisotopic (exact) mass is 306 g/mol. The number of ether oxygens (including phenoxy) is 1. The summed E-state index contributed by atoms with van der Waals surface area (Å²) in [5.74, 6) is 2.01. The predicted octanol–water partition coefficient (Wildman–Crippen LogP) is 4.03. The van der Waals surface area contributed by atoms with Crippen molar-refractivity contribution in [1.29, 1.82) is 0 Å². The lowest BCUT2D eigenvalue weighted by molar-refractivity contribution is 0.415. The molecule has 0 saturated heterocycles. The van der Waals surface area contributed by atoms with E-state index >= 15 is 0 Å². The highest BCUT2D eigenvalue weighted by atomic mass is 16.5. The fourth-order valence-corrected chi connectivity index (χ4v) is 2.21. The number of nitrogens with zero attached hydrogens (tertiary/aromatic N) is 2. The van der Waals surface area contributed by atoms with Gasteiger partial charge in [-0.2, -0.15) is 0 Å². The number of hydrogen-bond donors (Lipinski definition) is 0. The first-order valence-electron chi connectivity index (χ1n) is 7.52. The van der Waals surface area contributed by atoms with Gasteiger partial charge in [0.15, 0.2) is 0 Å². The Kier molecular flexibility index (Phi) is 4.84. The van der Waals surface area contributed by atoms with Gasteiger partial charge in [0.25, 0.3) is 0 Å². The molecule has 0 aliphatic heterocycles. The summed E-state index contributed by atoms with van der Waals surface area (Å²) in [7, 11) is 1.65. The van der Waals surface area contributed by atoms with Crippen molar-refractivity contribution >= 4 is 12.2 Å². The van der Waals surface area contributed by atoms with Gasteiger partial charge in [-0.15, -0.1) is 10.2 Å². The number of aryl methyl sites for hydroxylation is 2. The topological polar surface area (TPSA) is 48.2 Å². The van der Waals surface area contributed by atoms with Gasteiger partial charge in [0.2, 0.25) is 11.8 Å². The first kappa shape index (κ1) is 15.0. The van der Waals surface area contributed by atoms with E-state index in [2.05, 4.69) is 22.3 Å². The average molecular weight is 306 g/mol. The highest BCUT2D eigenvalue weighted by Crippen LogP contribution is 2.14. The van der Waals surface area contributed by atoms with Crippen molar-refractivity contribution in [1.82, 2.24) is 10.2 Å². The third-order valence-corrected chi connectivity index (χ3v) is 3.49. The first-order chi connectivity index (χ1) is 11.3. The van der Waals surface area contributed by atoms with Crippen molar-refractivity contribution in [2.24, 2.45) is 0 Å². The molecule has 23 heavy (non-hydrogen) atoms. The molecular weight excluding hydrogens is 288 g/mol. The van der Waals surface area contributed by atoms with Crippen LogP contribution >= 0.6 is 0 Å². The minimum atomic E-state index is 0.517. The summed E-state index contributed by atoms with van der Waals surface area (Å²) in [6.45, 7) is 0. The lowest BCUT2D eigenvalue weighted by atomic mass is 10.1. The van der Waals surface area contributed by atoms with Crippen LogP contribution < -0.4 is 4.74 Å². The summed E-state index contributed by atoms with van der Waals surface area (Å²) < 4.78 is 10.8. The summed E-state index contributed by atoms with van der Waals surface area (Å²) in [5.41, 5.74) is 2.32. The van der Waals surface area contributed by atoms with Gasteiger partial charge in [0, 0.05) is 12.5 Å². The summed E-state index contributed by atoms with van der Waals surface area (Å²) in [6.07, 6.45) is 5.40. The molecule has 3 aromatic rings. The number of rotatable bonds is 6. The van der Waals surface area contributed by atoms with E-state index in [9.17, 15) is 0 Å². The largest absolute Gasteiger partial charge is 0.497 e. The molecule has 1 heterocycles. The average Bonchev–Trinajstić information content (AvgIpc) is 3.07. The number of methoxy groups -OCH3 is 1. The van der Waals surface area contributed by atoms with Crippen LogP contribution in [0, 0.1) is 0 Å². The fourth-order valence-electron chi connectivity index (χ4n) is 2.21. The minimum Gasteiger partial charge on any atom is -0.497 e. The van der Waals surface area contributed by atoms with Gasteiger partial charge in [-0.05, 0) is 35.8 Å². The zero-order valence-electron chi connectivity index (χ0n) is 13.0. The Morgan fingerprint density at radius 2 is 1.70 bits per heavy atom. The molecule has 3 rings (SSSR count). The highest BCUT2D eigenvalue weighted by molar-refractivity contribution is 5.66. The summed E-state index contributed by atoms with van der Waals surface area (Å²) in [6, 6.07) is 18.1. The molecule has 0 aliphatic rings. The van der Waals surface area contributed by atoms with Gasteiger partial charge in [0.1, 0.15) is 5.75 Å². The van der Waals surface area contributed by atoms with Gasteiger partial charge in [0.05, 0.1) is 7.11 Å². The number of hydrogen-bond acceptors (Lipinski definition) is 4. The smallest absolute Gasteiger partial charge is 0.240 e. The molecule has 4 nitrogen and oxygen atoms in total. The lowest BCUT2D eigenvalue weighted by Gasteiger charge is -1.98. The van der Waals surface area contributed by atoms with Crippen molar-refractivity contribution in [3.05, 3.63) is 77.5 Å². The second kappa shape index (κ2) is 7.40. The Labute approximate surface area is 135 Å². The van der Waals surface area contributed by atoms with Crippen molar-refractivity contribution in [3.8, 4) is 5.75 Å². The number of benzene rings is 2. The molecule has 0 atom stereocenters. The van der Waals surface area contributed by atoms with Gasteiger partial charge in [-0.1, -0.05) is 42.5 Å². The van der Waals surface area contributed by atoms with Crippen LogP contribution in [0.5, 0.6) is 5.75 Å². The predicted molar refractivity (Wildman–Crippen MR) is 90.1 cm³/mol. The van der Waals surface area contributed by atoms with Gasteiger partial charge in [-0.25, -0.2) is 0 Å². The molecule has 0 saturated carbocycles. The Hall–Kier alpha value is -2.88. The molecule has 0 unspecified atom stereocenters. The summed E-state index contributed by atoms with van der Waals surface area (Å²) in [4.78, 5) is 0. The standard InChI is InChI=1S/C19H18N2O2/c1-22-17-11-7-16(8-12-17)10-14-19-21-20-18(23-19)13-9-15-5-3-2-4-6-15/h2-8,10-12,14H,9,13H2,1H3/b14-10+. The second-order valence-corrected chi connectivity index (χ2v) is 5.13. The molecule has 0 spiro atoms. The first-order valence-corrected chi connectivity index (χ1v) is 7.52. The molecule has 116 valence electrons. The maximum atomic E-state index is 5.64. The summed E-state index contributed by atoms with van der Waals surface area (Å²) >= 11 is 0. The van der Waals surface area contributed by atoms with Crippen LogP contribution in [-0.4, -0.2) is 17.3 Å². The van der Waals surface area contributed by atoms with Crippen LogP contribution in [0.3, 0.4) is 0 Å². The minimum absolute atomic E-state index is 0.517. The van der Waals surface area contributed by atoms with Crippen LogP contribution in [0.15, 0.2) is 59.0 Å². The fraction of sp³-hybridized carbons (Fsp3) is 0.158. The molecule has 2 aromatic carbocycles. The molecule has 4 heteroatoms. The lowest BCUT2D eigenvalue weighted by Crippen LogP contribution is -1.90. The van der Waals surface area contributed by atoms with Crippen molar-refractivity contribution in [2.45, 2.75) is 12.8 Å². The third-order valence-electron chi connectivity index (χ3n) is 3.49. The van der Waals surface area contributed by atoms with Crippen molar-refractivity contribution in [3.63, 3.8) is 0 Å². The maximum Gasteiger partial charge on any atom is 0.240 e. The van der Waals surface area contributed by atoms with E-state index < -0.39 is 0 Å². The molecule has 0 N–H and O–H groups in total. The summed E-state index contributed by atoms with van der Waals surface area (Å²) in [5, 5.41) is 8.13. The Bertz CT molecular complexity index is 762. The Morgan fingerprint density at radius 3 is 2.43 bits per heavy atom. The highest BCUT2D eigenvalue weighted by Gasteiger charge is 2.04. The van der Waals surface area contributed by atoms with Crippen LogP contribution in [0.2, 0.25) is 0 Å². The van der Waals surface area contributed by atoms with E-state index in [0.29, 0.717) is 11.8 Å². The molecule has 0 fully saturated rings. The zero-order chi connectivity index (χ0) is 15.9. The third kappa shape index (κ3) is 4.30. The molecule has 0 aliphatic carbocycles.